The summed E-state index contributed by atoms with van der Waals surface area (Å²) < 4.78 is 0. The molecule has 1 heteroatoms. The van der Waals surface area contributed by atoms with Gasteiger partial charge in [-0.3, -0.25) is 0 Å². The second kappa shape index (κ2) is 5.01. The van der Waals surface area contributed by atoms with Crippen molar-refractivity contribution in [2.24, 2.45) is 0 Å². The van der Waals surface area contributed by atoms with Gasteiger partial charge in [-0.15, -0.1) is 0 Å². The molecule has 1 unspecified atom stereocenters. The summed E-state index contributed by atoms with van der Waals surface area (Å²) in [6.07, 6.45) is 5.23. The SMILES string of the molecule is Cc1ccc2c(c1)C(NC(C)C)CCCC2. The normalized spacial score (nSPS) is 20.6. The molecule has 0 bridgehead atoms. The zero-order chi connectivity index (χ0) is 11.5. The molecular weight excluding hydrogens is 194 g/mol. The number of aryl methyl sites for hydroxylation is 2. The minimum absolute atomic E-state index is 0.566. The lowest BCUT2D eigenvalue weighted by Gasteiger charge is -2.22. The van der Waals surface area contributed by atoms with Crippen LogP contribution in [0.15, 0.2) is 18.2 Å². The molecule has 2 rings (SSSR count). The van der Waals surface area contributed by atoms with Gasteiger partial charge in [-0.25, -0.2) is 0 Å². The Morgan fingerprint density at radius 1 is 1.25 bits per heavy atom. The molecule has 16 heavy (non-hydrogen) atoms. The molecule has 1 aromatic rings. The van der Waals surface area contributed by atoms with Crippen LogP contribution in [0.1, 0.15) is 55.8 Å². The summed E-state index contributed by atoms with van der Waals surface area (Å²) in [7, 11) is 0. The average molecular weight is 217 g/mol. The van der Waals surface area contributed by atoms with Crippen molar-refractivity contribution in [2.75, 3.05) is 0 Å². The molecule has 0 aliphatic heterocycles. The highest BCUT2D eigenvalue weighted by atomic mass is 14.9. The Labute approximate surface area is 99.3 Å². The van der Waals surface area contributed by atoms with Gasteiger partial charge in [-0.05, 0) is 37.3 Å². The van der Waals surface area contributed by atoms with Crippen molar-refractivity contribution < 1.29 is 0 Å². The van der Waals surface area contributed by atoms with Gasteiger partial charge >= 0.3 is 0 Å². The van der Waals surface area contributed by atoms with Crippen molar-refractivity contribution in [2.45, 2.75) is 58.5 Å². The first-order valence-electron chi connectivity index (χ1n) is 6.52. The number of fused-ring (bicyclic) bond motifs is 1. The standard InChI is InChI=1S/C15H23N/c1-11(2)16-15-7-5-4-6-13-9-8-12(3)10-14(13)15/h8-11,15-16H,4-7H2,1-3H3. The lowest BCUT2D eigenvalue weighted by molar-refractivity contribution is 0.446. The molecule has 0 heterocycles. The van der Waals surface area contributed by atoms with Crippen LogP contribution in [0.25, 0.3) is 0 Å². The fourth-order valence-corrected chi connectivity index (χ4v) is 2.66. The molecule has 0 amide bonds. The van der Waals surface area contributed by atoms with Crippen LogP contribution in [-0.2, 0) is 6.42 Å². The fourth-order valence-electron chi connectivity index (χ4n) is 2.66. The minimum atomic E-state index is 0.566. The van der Waals surface area contributed by atoms with E-state index in [2.05, 4.69) is 44.3 Å². The molecule has 0 spiro atoms. The maximum atomic E-state index is 3.71. The first-order valence-corrected chi connectivity index (χ1v) is 6.52. The molecule has 1 atom stereocenters. The van der Waals surface area contributed by atoms with E-state index in [1.165, 1.54) is 31.2 Å². The number of rotatable bonds is 2. The van der Waals surface area contributed by atoms with Crippen molar-refractivity contribution in [3.63, 3.8) is 0 Å². The van der Waals surface area contributed by atoms with Crippen molar-refractivity contribution >= 4 is 0 Å². The topological polar surface area (TPSA) is 12.0 Å². The van der Waals surface area contributed by atoms with E-state index < -0.39 is 0 Å². The van der Waals surface area contributed by atoms with Crippen LogP contribution in [0.4, 0.5) is 0 Å². The van der Waals surface area contributed by atoms with E-state index in [1.54, 1.807) is 11.1 Å². The smallest absolute Gasteiger partial charge is 0.0325 e. The first-order chi connectivity index (χ1) is 7.66. The van der Waals surface area contributed by atoms with Crippen LogP contribution in [0, 0.1) is 6.92 Å². The van der Waals surface area contributed by atoms with Gasteiger partial charge in [-0.1, -0.05) is 44.0 Å². The van der Waals surface area contributed by atoms with E-state index in [1.807, 2.05) is 0 Å². The van der Waals surface area contributed by atoms with Crippen LogP contribution in [0.2, 0.25) is 0 Å². The number of hydrogen-bond acceptors (Lipinski definition) is 1. The van der Waals surface area contributed by atoms with Crippen LogP contribution >= 0.6 is 0 Å². The third-order valence-corrected chi connectivity index (χ3v) is 3.40. The van der Waals surface area contributed by atoms with Crippen molar-refractivity contribution in [3.05, 3.63) is 34.9 Å². The third-order valence-electron chi connectivity index (χ3n) is 3.40. The molecule has 0 radical (unpaired) electrons. The maximum absolute atomic E-state index is 3.71. The molecule has 0 saturated carbocycles. The highest BCUT2D eigenvalue weighted by Crippen LogP contribution is 2.29. The lowest BCUT2D eigenvalue weighted by Crippen LogP contribution is -2.28. The van der Waals surface area contributed by atoms with Gasteiger partial charge in [0.05, 0.1) is 0 Å². The van der Waals surface area contributed by atoms with Crippen LogP contribution in [0.5, 0.6) is 0 Å². The summed E-state index contributed by atoms with van der Waals surface area (Å²) in [5, 5.41) is 3.71. The highest BCUT2D eigenvalue weighted by molar-refractivity contribution is 5.35. The van der Waals surface area contributed by atoms with E-state index in [9.17, 15) is 0 Å². The van der Waals surface area contributed by atoms with Gasteiger partial charge in [0.15, 0.2) is 0 Å². The quantitative estimate of drug-likeness (QED) is 0.744. The Bertz CT molecular complexity index is 354. The molecule has 1 aliphatic carbocycles. The van der Waals surface area contributed by atoms with E-state index >= 15 is 0 Å². The molecular formula is C15H23N. The zero-order valence-corrected chi connectivity index (χ0v) is 10.7. The van der Waals surface area contributed by atoms with Crippen LogP contribution in [-0.4, -0.2) is 6.04 Å². The third kappa shape index (κ3) is 2.65. The van der Waals surface area contributed by atoms with Gasteiger partial charge < -0.3 is 5.32 Å². The lowest BCUT2D eigenvalue weighted by atomic mass is 9.96. The van der Waals surface area contributed by atoms with Crippen LogP contribution in [0.3, 0.4) is 0 Å². The van der Waals surface area contributed by atoms with Crippen molar-refractivity contribution in [3.8, 4) is 0 Å². The van der Waals surface area contributed by atoms with Gasteiger partial charge in [-0.2, -0.15) is 0 Å². The van der Waals surface area contributed by atoms with Crippen molar-refractivity contribution in [1.29, 1.82) is 0 Å². The molecule has 1 nitrogen and oxygen atoms in total. The fraction of sp³-hybridized carbons (Fsp3) is 0.600. The Balaban J connectivity index is 2.31. The van der Waals surface area contributed by atoms with Crippen LogP contribution < -0.4 is 5.32 Å². The average Bonchev–Trinajstić information content (AvgIpc) is 2.41. The van der Waals surface area contributed by atoms with E-state index in [0.717, 1.165) is 0 Å². The van der Waals surface area contributed by atoms with Gasteiger partial charge in [0.25, 0.3) is 0 Å². The van der Waals surface area contributed by atoms with Gasteiger partial charge in [0.2, 0.25) is 0 Å². The predicted octanol–water partition coefficient (Wildman–Crippen LogP) is 3.76. The predicted molar refractivity (Wildman–Crippen MR) is 69.7 cm³/mol. The monoisotopic (exact) mass is 217 g/mol. The molecule has 0 saturated heterocycles. The van der Waals surface area contributed by atoms with Gasteiger partial charge in [0.1, 0.15) is 0 Å². The Hall–Kier alpha value is -0.820. The number of benzene rings is 1. The number of hydrogen-bond donors (Lipinski definition) is 1. The first kappa shape index (κ1) is 11.7. The summed E-state index contributed by atoms with van der Waals surface area (Å²) in [6, 6.07) is 8.08. The second-order valence-corrected chi connectivity index (χ2v) is 5.32. The highest BCUT2D eigenvalue weighted by Gasteiger charge is 2.18. The zero-order valence-electron chi connectivity index (χ0n) is 10.7. The summed E-state index contributed by atoms with van der Waals surface area (Å²) >= 11 is 0. The van der Waals surface area contributed by atoms with Gasteiger partial charge in [0, 0.05) is 12.1 Å². The second-order valence-electron chi connectivity index (χ2n) is 5.32. The number of nitrogens with one attached hydrogen (secondary N) is 1. The summed E-state index contributed by atoms with van der Waals surface area (Å²) in [4.78, 5) is 0. The molecule has 1 aliphatic rings. The Morgan fingerprint density at radius 3 is 2.81 bits per heavy atom. The summed E-state index contributed by atoms with van der Waals surface area (Å²) in [5.74, 6) is 0. The Morgan fingerprint density at radius 2 is 2.06 bits per heavy atom. The molecule has 0 aromatic heterocycles. The summed E-state index contributed by atoms with van der Waals surface area (Å²) in [5.41, 5.74) is 4.49. The molecule has 0 fully saturated rings. The minimum Gasteiger partial charge on any atom is -0.308 e. The molecule has 1 aromatic carbocycles. The Kier molecular flexibility index (Phi) is 3.65. The van der Waals surface area contributed by atoms with E-state index in [-0.39, 0.29) is 0 Å². The molecule has 88 valence electrons. The van der Waals surface area contributed by atoms with E-state index in [4.69, 9.17) is 0 Å². The van der Waals surface area contributed by atoms with Crippen molar-refractivity contribution in [1.82, 2.24) is 5.32 Å². The largest absolute Gasteiger partial charge is 0.308 e. The maximum Gasteiger partial charge on any atom is 0.0325 e. The molecule has 1 N–H and O–H groups in total. The van der Waals surface area contributed by atoms with E-state index in [0.29, 0.717) is 12.1 Å². The summed E-state index contributed by atoms with van der Waals surface area (Å²) in [6.45, 7) is 6.67.